The van der Waals surface area contributed by atoms with Gasteiger partial charge in [0.25, 0.3) is 0 Å². The lowest BCUT2D eigenvalue weighted by atomic mass is 10.2. The van der Waals surface area contributed by atoms with Gasteiger partial charge >= 0.3 is 0 Å². The topological polar surface area (TPSA) is 83.6 Å². The van der Waals surface area contributed by atoms with E-state index in [9.17, 15) is 18.0 Å². The first-order chi connectivity index (χ1) is 8.84. The van der Waals surface area contributed by atoms with Crippen LogP contribution < -0.4 is 5.32 Å². The SMILES string of the molecule is Cc1ccccc1S(=O)(=O)N1CC(=O)NC(=O)C1C. The predicted octanol–water partition coefficient (Wildman–Crippen LogP) is 0.0306. The van der Waals surface area contributed by atoms with E-state index in [0.29, 0.717) is 5.56 Å². The average Bonchev–Trinajstić information content (AvgIpc) is 2.34. The smallest absolute Gasteiger partial charge is 0.244 e. The third kappa shape index (κ3) is 2.39. The number of piperazine rings is 1. The van der Waals surface area contributed by atoms with Crippen LogP contribution in [0.1, 0.15) is 12.5 Å². The number of carbonyl (C=O) groups is 2. The molecule has 6 nitrogen and oxygen atoms in total. The lowest BCUT2D eigenvalue weighted by Gasteiger charge is -2.31. The van der Waals surface area contributed by atoms with Gasteiger partial charge in [0.15, 0.2) is 0 Å². The Hall–Kier alpha value is -1.73. The fraction of sp³-hybridized carbons (Fsp3) is 0.333. The van der Waals surface area contributed by atoms with E-state index in [1.54, 1.807) is 25.1 Å². The molecule has 1 atom stereocenters. The highest BCUT2D eigenvalue weighted by atomic mass is 32.2. The summed E-state index contributed by atoms with van der Waals surface area (Å²) in [6, 6.07) is 5.57. The normalized spacial score (nSPS) is 21.3. The summed E-state index contributed by atoms with van der Waals surface area (Å²) in [5, 5.41) is 2.11. The van der Waals surface area contributed by atoms with Crippen LogP contribution in [0, 0.1) is 6.92 Å². The van der Waals surface area contributed by atoms with Crippen LogP contribution in [0.25, 0.3) is 0 Å². The summed E-state index contributed by atoms with van der Waals surface area (Å²) >= 11 is 0. The van der Waals surface area contributed by atoms with Crippen LogP contribution in [-0.4, -0.2) is 37.1 Å². The highest BCUT2D eigenvalue weighted by Crippen LogP contribution is 2.22. The molecule has 1 saturated heterocycles. The van der Waals surface area contributed by atoms with Crippen molar-refractivity contribution in [2.24, 2.45) is 0 Å². The van der Waals surface area contributed by atoms with E-state index >= 15 is 0 Å². The zero-order valence-electron chi connectivity index (χ0n) is 10.6. The maximum Gasteiger partial charge on any atom is 0.244 e. The second kappa shape index (κ2) is 4.75. The van der Waals surface area contributed by atoms with Crippen molar-refractivity contribution in [3.8, 4) is 0 Å². The molecule has 1 aliphatic heterocycles. The number of hydrogen-bond donors (Lipinski definition) is 1. The Morgan fingerprint density at radius 2 is 1.89 bits per heavy atom. The number of benzene rings is 1. The van der Waals surface area contributed by atoms with Crippen molar-refractivity contribution >= 4 is 21.8 Å². The van der Waals surface area contributed by atoms with Gasteiger partial charge in [-0.1, -0.05) is 18.2 Å². The van der Waals surface area contributed by atoms with Gasteiger partial charge < -0.3 is 0 Å². The highest BCUT2D eigenvalue weighted by Gasteiger charge is 2.39. The summed E-state index contributed by atoms with van der Waals surface area (Å²) in [6.07, 6.45) is 0. The molecule has 2 rings (SSSR count). The Kier molecular flexibility index (Phi) is 3.42. The van der Waals surface area contributed by atoms with E-state index in [-0.39, 0.29) is 11.4 Å². The fourth-order valence-electron chi connectivity index (χ4n) is 1.96. The quantitative estimate of drug-likeness (QED) is 0.776. The number of hydrogen-bond acceptors (Lipinski definition) is 4. The third-order valence-corrected chi connectivity index (χ3v) is 5.13. The number of carbonyl (C=O) groups excluding carboxylic acids is 2. The molecule has 1 N–H and O–H groups in total. The van der Waals surface area contributed by atoms with Crippen LogP contribution in [0.5, 0.6) is 0 Å². The van der Waals surface area contributed by atoms with Crippen molar-refractivity contribution in [1.82, 2.24) is 9.62 Å². The molecule has 1 aromatic rings. The highest BCUT2D eigenvalue weighted by molar-refractivity contribution is 7.89. The Morgan fingerprint density at radius 1 is 1.26 bits per heavy atom. The van der Waals surface area contributed by atoms with Crippen molar-refractivity contribution in [3.05, 3.63) is 29.8 Å². The van der Waals surface area contributed by atoms with E-state index < -0.39 is 27.9 Å². The Labute approximate surface area is 111 Å². The minimum absolute atomic E-state index is 0.115. The molecule has 0 spiro atoms. The molecule has 1 aromatic carbocycles. The van der Waals surface area contributed by atoms with Crippen molar-refractivity contribution in [2.45, 2.75) is 24.8 Å². The van der Waals surface area contributed by atoms with Crippen molar-refractivity contribution < 1.29 is 18.0 Å². The first-order valence-corrected chi connectivity index (χ1v) is 7.19. The van der Waals surface area contributed by atoms with E-state index in [4.69, 9.17) is 0 Å². The van der Waals surface area contributed by atoms with Crippen LogP contribution in [0.3, 0.4) is 0 Å². The summed E-state index contributed by atoms with van der Waals surface area (Å²) in [7, 11) is -3.86. The zero-order valence-corrected chi connectivity index (χ0v) is 11.4. The van der Waals surface area contributed by atoms with Crippen molar-refractivity contribution in [2.75, 3.05) is 6.54 Å². The Morgan fingerprint density at radius 3 is 2.53 bits per heavy atom. The van der Waals surface area contributed by atoms with Crippen LogP contribution in [0.2, 0.25) is 0 Å². The number of aryl methyl sites for hydroxylation is 1. The molecule has 0 bridgehead atoms. The molecule has 1 heterocycles. The van der Waals surface area contributed by atoms with E-state index in [1.165, 1.54) is 13.0 Å². The largest absolute Gasteiger partial charge is 0.294 e. The number of imide groups is 1. The fourth-order valence-corrected chi connectivity index (χ4v) is 3.73. The van der Waals surface area contributed by atoms with Gasteiger partial charge in [-0.05, 0) is 25.5 Å². The third-order valence-electron chi connectivity index (χ3n) is 3.05. The zero-order chi connectivity index (χ0) is 14.2. The molecule has 1 aliphatic rings. The predicted molar refractivity (Wildman–Crippen MR) is 67.7 cm³/mol. The van der Waals surface area contributed by atoms with Gasteiger partial charge in [-0.2, -0.15) is 4.31 Å². The minimum Gasteiger partial charge on any atom is -0.294 e. The summed E-state index contributed by atoms with van der Waals surface area (Å²) in [5.41, 5.74) is 0.577. The monoisotopic (exact) mass is 282 g/mol. The number of rotatable bonds is 2. The lowest BCUT2D eigenvalue weighted by Crippen LogP contribution is -2.58. The van der Waals surface area contributed by atoms with E-state index in [1.807, 2.05) is 0 Å². The van der Waals surface area contributed by atoms with Gasteiger partial charge in [-0.3, -0.25) is 14.9 Å². The first kappa shape index (κ1) is 13.7. The molecule has 1 unspecified atom stereocenters. The summed E-state index contributed by atoms with van der Waals surface area (Å²) in [6.45, 7) is 2.78. The molecule has 19 heavy (non-hydrogen) atoms. The van der Waals surface area contributed by atoms with Crippen LogP contribution in [0.4, 0.5) is 0 Å². The summed E-state index contributed by atoms with van der Waals surface area (Å²) in [5.74, 6) is -1.21. The molecular weight excluding hydrogens is 268 g/mol. The average molecular weight is 282 g/mol. The molecule has 2 amide bonds. The van der Waals surface area contributed by atoms with Crippen LogP contribution >= 0.6 is 0 Å². The summed E-state index contributed by atoms with van der Waals surface area (Å²) in [4.78, 5) is 23.0. The molecule has 0 aromatic heterocycles. The first-order valence-electron chi connectivity index (χ1n) is 5.75. The molecule has 7 heteroatoms. The number of nitrogens with zero attached hydrogens (tertiary/aromatic N) is 1. The molecule has 0 saturated carbocycles. The van der Waals surface area contributed by atoms with Crippen LogP contribution in [-0.2, 0) is 19.6 Å². The van der Waals surface area contributed by atoms with E-state index in [2.05, 4.69) is 5.32 Å². The molecule has 102 valence electrons. The Balaban J connectivity index is 2.47. The molecule has 0 aliphatic carbocycles. The second-order valence-electron chi connectivity index (χ2n) is 4.40. The standard InChI is InChI=1S/C12H14N2O4S/c1-8-5-3-4-6-10(8)19(17,18)14-7-11(15)13-12(16)9(14)2/h3-6,9H,7H2,1-2H3,(H,13,15,16). The molecule has 0 radical (unpaired) electrons. The van der Waals surface area contributed by atoms with Gasteiger partial charge in [0.05, 0.1) is 11.4 Å². The molecular formula is C12H14N2O4S. The Bertz CT molecular complexity index is 639. The van der Waals surface area contributed by atoms with Gasteiger partial charge in [0.2, 0.25) is 21.8 Å². The maximum absolute atomic E-state index is 12.5. The number of amides is 2. The maximum atomic E-state index is 12.5. The second-order valence-corrected chi connectivity index (χ2v) is 6.26. The van der Waals surface area contributed by atoms with Crippen molar-refractivity contribution in [3.63, 3.8) is 0 Å². The number of nitrogens with one attached hydrogen (secondary N) is 1. The molecule has 1 fully saturated rings. The van der Waals surface area contributed by atoms with Gasteiger partial charge in [-0.25, -0.2) is 8.42 Å². The number of sulfonamides is 1. The van der Waals surface area contributed by atoms with Gasteiger partial charge in [0, 0.05) is 0 Å². The van der Waals surface area contributed by atoms with Gasteiger partial charge in [-0.15, -0.1) is 0 Å². The van der Waals surface area contributed by atoms with E-state index in [0.717, 1.165) is 4.31 Å². The van der Waals surface area contributed by atoms with Crippen molar-refractivity contribution in [1.29, 1.82) is 0 Å². The van der Waals surface area contributed by atoms with Gasteiger partial charge in [0.1, 0.15) is 6.04 Å². The minimum atomic E-state index is -3.86. The van der Waals surface area contributed by atoms with Crippen LogP contribution in [0.15, 0.2) is 29.2 Å². The summed E-state index contributed by atoms with van der Waals surface area (Å²) < 4.78 is 25.9. The lowest BCUT2D eigenvalue weighted by molar-refractivity contribution is -0.136.